The summed E-state index contributed by atoms with van der Waals surface area (Å²) < 4.78 is 0. The second-order valence-corrected chi connectivity index (χ2v) is 6.05. The van der Waals surface area contributed by atoms with Crippen molar-refractivity contribution in [2.75, 3.05) is 13.2 Å². The smallest absolute Gasteiger partial charge is 0.226 e. The van der Waals surface area contributed by atoms with E-state index in [1.807, 2.05) is 6.07 Å². The van der Waals surface area contributed by atoms with Gasteiger partial charge in [-0.2, -0.15) is 0 Å². The predicted octanol–water partition coefficient (Wildman–Crippen LogP) is 2.55. The van der Waals surface area contributed by atoms with Crippen LogP contribution in [0.1, 0.15) is 43.6 Å². The normalized spacial score (nSPS) is 28.6. The van der Waals surface area contributed by atoms with Crippen LogP contribution in [-0.4, -0.2) is 35.1 Å². The summed E-state index contributed by atoms with van der Waals surface area (Å²) in [6.45, 7) is 1.14. The third-order valence-electron chi connectivity index (χ3n) is 4.69. The number of carbonyl (C=O) groups is 1. The van der Waals surface area contributed by atoms with E-state index in [-0.39, 0.29) is 12.5 Å². The molecule has 20 heavy (non-hydrogen) atoms. The van der Waals surface area contributed by atoms with Crippen LogP contribution in [-0.2, 0) is 4.79 Å². The molecule has 3 rings (SSSR count). The number of amides is 1. The molecule has 3 heteroatoms. The third-order valence-corrected chi connectivity index (χ3v) is 4.69. The lowest BCUT2D eigenvalue weighted by Gasteiger charge is -2.25. The zero-order valence-electron chi connectivity index (χ0n) is 11.9. The summed E-state index contributed by atoms with van der Waals surface area (Å²) >= 11 is 0. The minimum absolute atomic E-state index is 0.201. The Labute approximate surface area is 120 Å². The number of benzene rings is 1. The summed E-state index contributed by atoms with van der Waals surface area (Å²) in [6, 6.07) is 10.8. The first-order valence-corrected chi connectivity index (χ1v) is 7.77. The summed E-state index contributed by atoms with van der Waals surface area (Å²) in [5.74, 6) is 0.981. The highest BCUT2D eigenvalue weighted by atomic mass is 16.3. The molecule has 1 amide bonds. The van der Waals surface area contributed by atoms with Crippen molar-refractivity contribution in [3.05, 3.63) is 35.9 Å². The van der Waals surface area contributed by atoms with Gasteiger partial charge in [-0.05, 0) is 43.6 Å². The molecule has 1 heterocycles. The number of aliphatic hydroxyl groups is 1. The van der Waals surface area contributed by atoms with Crippen LogP contribution >= 0.6 is 0 Å². The molecular weight excluding hydrogens is 250 g/mol. The number of hydrogen-bond acceptors (Lipinski definition) is 2. The van der Waals surface area contributed by atoms with Gasteiger partial charge in [-0.15, -0.1) is 0 Å². The van der Waals surface area contributed by atoms with Crippen molar-refractivity contribution in [1.82, 2.24) is 4.90 Å². The number of carbonyl (C=O) groups excluding carboxylic acids is 1. The Morgan fingerprint density at radius 3 is 2.85 bits per heavy atom. The Hall–Kier alpha value is -1.35. The van der Waals surface area contributed by atoms with E-state index in [1.165, 1.54) is 5.56 Å². The maximum atomic E-state index is 12.6. The van der Waals surface area contributed by atoms with Crippen LogP contribution in [0.3, 0.4) is 0 Å². The average molecular weight is 273 g/mol. The van der Waals surface area contributed by atoms with Gasteiger partial charge in [-0.3, -0.25) is 4.79 Å². The highest BCUT2D eigenvalue weighted by Crippen LogP contribution is 2.49. The molecule has 2 fully saturated rings. The van der Waals surface area contributed by atoms with E-state index in [2.05, 4.69) is 29.2 Å². The largest absolute Gasteiger partial charge is 0.396 e. The van der Waals surface area contributed by atoms with E-state index >= 15 is 0 Å². The molecule has 1 aromatic rings. The van der Waals surface area contributed by atoms with Crippen molar-refractivity contribution >= 4 is 5.91 Å². The number of nitrogens with zero attached hydrogens (tertiary/aromatic N) is 1. The zero-order chi connectivity index (χ0) is 13.9. The molecule has 2 aliphatic rings. The van der Waals surface area contributed by atoms with E-state index in [1.54, 1.807) is 0 Å². The second-order valence-electron chi connectivity index (χ2n) is 6.05. The number of rotatable bonds is 5. The van der Waals surface area contributed by atoms with Crippen LogP contribution < -0.4 is 0 Å². The van der Waals surface area contributed by atoms with Crippen molar-refractivity contribution in [1.29, 1.82) is 0 Å². The zero-order valence-corrected chi connectivity index (χ0v) is 11.9. The molecule has 1 aliphatic carbocycles. The maximum absolute atomic E-state index is 12.6. The Balaban J connectivity index is 1.60. The number of aliphatic hydroxyl groups excluding tert-OH is 1. The Kier molecular flexibility index (Phi) is 4.06. The summed E-state index contributed by atoms with van der Waals surface area (Å²) in [6.07, 6.45) is 4.98. The fraction of sp³-hybridized carbons (Fsp3) is 0.588. The SMILES string of the molecule is O=C(C1CC1c1ccccc1)N1CCCC1CCCO. The van der Waals surface area contributed by atoms with Gasteiger partial charge in [0.1, 0.15) is 0 Å². The molecule has 108 valence electrons. The van der Waals surface area contributed by atoms with Crippen molar-refractivity contribution in [2.24, 2.45) is 5.92 Å². The van der Waals surface area contributed by atoms with Gasteiger partial charge in [0.25, 0.3) is 0 Å². The van der Waals surface area contributed by atoms with Gasteiger partial charge < -0.3 is 10.0 Å². The fourth-order valence-corrected chi connectivity index (χ4v) is 3.50. The van der Waals surface area contributed by atoms with Crippen LogP contribution in [0.4, 0.5) is 0 Å². The molecule has 1 saturated heterocycles. The van der Waals surface area contributed by atoms with Gasteiger partial charge in [0.05, 0.1) is 0 Å². The third kappa shape index (κ3) is 2.73. The molecule has 3 nitrogen and oxygen atoms in total. The van der Waals surface area contributed by atoms with Crippen LogP contribution in [0.25, 0.3) is 0 Å². The molecule has 0 aromatic heterocycles. The van der Waals surface area contributed by atoms with Gasteiger partial charge in [0, 0.05) is 25.1 Å². The molecule has 0 radical (unpaired) electrons. The first-order valence-electron chi connectivity index (χ1n) is 7.77. The predicted molar refractivity (Wildman–Crippen MR) is 78.3 cm³/mol. The van der Waals surface area contributed by atoms with Crippen molar-refractivity contribution < 1.29 is 9.90 Å². The average Bonchev–Trinajstić information content (AvgIpc) is 3.16. The van der Waals surface area contributed by atoms with E-state index in [0.29, 0.717) is 17.9 Å². The van der Waals surface area contributed by atoms with Crippen LogP contribution in [0.15, 0.2) is 30.3 Å². The first-order chi connectivity index (χ1) is 9.81. The lowest BCUT2D eigenvalue weighted by molar-refractivity contribution is -0.133. The van der Waals surface area contributed by atoms with Crippen LogP contribution in [0, 0.1) is 5.92 Å². The van der Waals surface area contributed by atoms with Gasteiger partial charge in [0.15, 0.2) is 0 Å². The summed E-state index contributed by atoms with van der Waals surface area (Å²) in [4.78, 5) is 14.7. The topological polar surface area (TPSA) is 40.5 Å². The molecule has 3 unspecified atom stereocenters. The number of likely N-dealkylation sites (tertiary alicyclic amines) is 1. The Morgan fingerprint density at radius 2 is 2.10 bits per heavy atom. The molecule has 1 N–H and O–H groups in total. The maximum Gasteiger partial charge on any atom is 0.226 e. The first kappa shape index (κ1) is 13.6. The van der Waals surface area contributed by atoms with E-state index in [9.17, 15) is 4.79 Å². The minimum atomic E-state index is 0.201. The van der Waals surface area contributed by atoms with Gasteiger partial charge in [0.2, 0.25) is 5.91 Å². The highest BCUT2D eigenvalue weighted by Gasteiger charge is 2.47. The van der Waals surface area contributed by atoms with Gasteiger partial charge in [-0.25, -0.2) is 0 Å². The Bertz CT molecular complexity index is 459. The van der Waals surface area contributed by atoms with Crippen LogP contribution in [0.5, 0.6) is 0 Å². The molecule has 1 aromatic carbocycles. The van der Waals surface area contributed by atoms with Crippen molar-refractivity contribution in [2.45, 2.75) is 44.1 Å². The monoisotopic (exact) mass is 273 g/mol. The lowest BCUT2D eigenvalue weighted by atomic mass is 10.1. The van der Waals surface area contributed by atoms with E-state index < -0.39 is 0 Å². The van der Waals surface area contributed by atoms with Gasteiger partial charge in [-0.1, -0.05) is 30.3 Å². The summed E-state index contributed by atoms with van der Waals surface area (Å²) in [5.41, 5.74) is 1.30. The van der Waals surface area contributed by atoms with Crippen molar-refractivity contribution in [3.8, 4) is 0 Å². The molecule has 3 atom stereocenters. The van der Waals surface area contributed by atoms with Gasteiger partial charge >= 0.3 is 0 Å². The minimum Gasteiger partial charge on any atom is -0.396 e. The second kappa shape index (κ2) is 5.96. The molecule has 1 saturated carbocycles. The number of hydrogen-bond donors (Lipinski definition) is 1. The summed E-state index contributed by atoms with van der Waals surface area (Å²) in [5, 5.41) is 8.96. The van der Waals surface area contributed by atoms with Crippen LogP contribution in [0.2, 0.25) is 0 Å². The highest BCUT2D eigenvalue weighted by molar-refractivity contribution is 5.83. The van der Waals surface area contributed by atoms with E-state index in [4.69, 9.17) is 5.11 Å². The standard InChI is InChI=1S/C17H23NO2/c19-11-5-9-14-8-4-10-18(14)17(20)16-12-15(16)13-6-2-1-3-7-13/h1-3,6-7,14-16,19H,4-5,8-12H2. The van der Waals surface area contributed by atoms with E-state index in [0.717, 1.165) is 38.6 Å². The lowest BCUT2D eigenvalue weighted by Crippen LogP contribution is -2.37. The fourth-order valence-electron chi connectivity index (χ4n) is 3.50. The molecule has 1 aliphatic heterocycles. The molecule has 0 bridgehead atoms. The van der Waals surface area contributed by atoms with Crippen molar-refractivity contribution in [3.63, 3.8) is 0 Å². The Morgan fingerprint density at radius 1 is 1.30 bits per heavy atom. The quantitative estimate of drug-likeness (QED) is 0.895. The molecule has 0 spiro atoms. The molecular formula is C17H23NO2. The summed E-state index contributed by atoms with van der Waals surface area (Å²) in [7, 11) is 0.